The molecule has 19 aromatic rings. The third-order valence-corrected chi connectivity index (χ3v) is 23.1. The van der Waals surface area contributed by atoms with Gasteiger partial charge in [0.15, 0.2) is 0 Å². The molecular formula is C88H66N16O6S4. The summed E-state index contributed by atoms with van der Waals surface area (Å²) in [5.41, 5.74) is 16.8. The van der Waals surface area contributed by atoms with E-state index >= 15 is 0 Å². The Morgan fingerprint density at radius 1 is 0.228 bits per heavy atom. The van der Waals surface area contributed by atoms with Crippen LogP contribution in [0.2, 0.25) is 0 Å². The summed E-state index contributed by atoms with van der Waals surface area (Å²) in [7, 11) is 0. The maximum atomic E-state index is 6.53. The van der Waals surface area contributed by atoms with E-state index in [0.717, 1.165) is 117 Å². The van der Waals surface area contributed by atoms with Crippen LogP contribution in [0.15, 0.2) is 280 Å². The molecule has 0 spiro atoms. The molecule has 0 N–H and O–H groups in total. The summed E-state index contributed by atoms with van der Waals surface area (Å²) >= 11 is 6.74. The highest BCUT2D eigenvalue weighted by atomic mass is 32.1. The number of rotatable bonds is 30. The van der Waals surface area contributed by atoms with Gasteiger partial charge in [0.1, 0.15) is 117 Å². The zero-order chi connectivity index (χ0) is 75.9. The SMILES string of the molecule is c1cc(OCc2cc(OCc3cn(Cc4ccc(-c5nc6ccccc6s5)cc4)nn3)cc(OCc3cn(Cc4ccc(-c5nc6ccccc6s5)cc4)nn3)c2)cc(OCc2cc(OCc3cn(Cc4ccc(-c5nc6ccccc6s5)cc4)nn3)cc(OCc3cn(Cc4ccc(-c5nc6ccccc6s5)cc4)nn3)c2)c1. The van der Waals surface area contributed by atoms with Crippen molar-refractivity contribution in [1.82, 2.24) is 79.9 Å². The van der Waals surface area contributed by atoms with Crippen molar-refractivity contribution in [1.29, 1.82) is 0 Å². The molecule has 0 saturated heterocycles. The van der Waals surface area contributed by atoms with Crippen LogP contribution in [0.3, 0.4) is 0 Å². The summed E-state index contributed by atoms with van der Waals surface area (Å²) in [5.74, 6) is 3.35. The van der Waals surface area contributed by atoms with E-state index in [9.17, 15) is 0 Å². The van der Waals surface area contributed by atoms with Gasteiger partial charge in [-0.05, 0) is 118 Å². The Labute approximate surface area is 668 Å². The van der Waals surface area contributed by atoms with Crippen LogP contribution >= 0.6 is 45.3 Å². The standard InChI is InChI=1S/C88H66N16O6S4/c1-5-16-81-77(12-1)89-85(111-81)63-28-20-57(21-29-63)43-101-47-67(93-97-101)53-107-73-36-61(37-74(41-73)108-54-68-48-102(98-94-68)44-58-22-30-64(31-23-58)86-90-78-13-2-6-17-82(78)112-86)51-105-71-10-9-11-72(40-71)106-52-62-38-75(109-55-69-49-103(99-95-69)45-59-24-32-65(33-25-59)87-91-79-14-3-7-18-83(79)113-87)42-76(39-62)110-56-70-50-104(100-96-70)46-60-26-34-66(35-27-60)88-92-80-15-4-8-19-84(80)114-88/h1-42,47-50H,43-46,51-56H2. The smallest absolute Gasteiger partial charge is 0.134 e. The molecule has 0 unspecified atom stereocenters. The highest BCUT2D eigenvalue weighted by Gasteiger charge is 2.17. The van der Waals surface area contributed by atoms with Crippen LogP contribution in [-0.4, -0.2) is 79.9 Å². The van der Waals surface area contributed by atoms with Crippen LogP contribution in [0.4, 0.5) is 0 Å². The Balaban J connectivity index is 0.520. The van der Waals surface area contributed by atoms with Gasteiger partial charge in [-0.3, -0.25) is 0 Å². The average molecular weight is 1570 g/mol. The van der Waals surface area contributed by atoms with Gasteiger partial charge >= 0.3 is 0 Å². The predicted molar refractivity (Wildman–Crippen MR) is 442 cm³/mol. The Kier molecular flexibility index (Phi) is 20.1. The monoisotopic (exact) mass is 1570 g/mol. The fourth-order valence-corrected chi connectivity index (χ4v) is 16.9. The Hall–Kier alpha value is -13.7. The van der Waals surface area contributed by atoms with E-state index < -0.39 is 0 Å². The van der Waals surface area contributed by atoms with Crippen LogP contribution in [-0.2, 0) is 65.8 Å². The number of hydrogen-bond donors (Lipinski definition) is 0. The third-order valence-electron chi connectivity index (χ3n) is 18.7. The molecule has 0 aliphatic rings. The van der Waals surface area contributed by atoms with Crippen LogP contribution in [0.5, 0.6) is 34.5 Å². The van der Waals surface area contributed by atoms with Gasteiger partial charge in [-0.1, -0.05) is 173 Å². The lowest BCUT2D eigenvalue weighted by molar-refractivity contribution is 0.273. The number of thiazole rings is 4. The maximum Gasteiger partial charge on any atom is 0.134 e. The quantitative estimate of drug-likeness (QED) is 0.0407. The van der Waals surface area contributed by atoms with Gasteiger partial charge < -0.3 is 28.4 Å². The van der Waals surface area contributed by atoms with Gasteiger partial charge in [-0.15, -0.1) is 65.7 Å². The van der Waals surface area contributed by atoms with Gasteiger partial charge in [0, 0.05) is 40.5 Å². The van der Waals surface area contributed by atoms with Gasteiger partial charge in [0.05, 0.1) is 91.8 Å². The molecule has 8 heterocycles. The summed E-state index contributed by atoms with van der Waals surface area (Å²) in [6, 6.07) is 85.3. The zero-order valence-electron chi connectivity index (χ0n) is 60.9. The molecule has 8 aromatic heterocycles. The van der Waals surface area contributed by atoms with Crippen molar-refractivity contribution in [3.8, 4) is 76.8 Å². The summed E-state index contributed by atoms with van der Waals surface area (Å²) < 4.78 is 50.8. The number of para-hydroxylation sites is 4. The first-order chi connectivity index (χ1) is 56.2. The molecule has 558 valence electrons. The highest BCUT2D eigenvalue weighted by molar-refractivity contribution is 7.22. The van der Waals surface area contributed by atoms with Crippen molar-refractivity contribution < 1.29 is 28.4 Å². The summed E-state index contributed by atoms with van der Waals surface area (Å²) in [4.78, 5) is 19.4. The lowest BCUT2D eigenvalue weighted by atomic mass is 10.1. The number of nitrogens with zero attached hydrogens (tertiary/aromatic N) is 16. The van der Waals surface area contributed by atoms with Crippen molar-refractivity contribution in [3.63, 3.8) is 0 Å². The minimum absolute atomic E-state index is 0.151. The van der Waals surface area contributed by atoms with Crippen LogP contribution in [0.1, 0.15) is 56.2 Å². The van der Waals surface area contributed by atoms with E-state index in [1.165, 1.54) is 0 Å². The first-order valence-corrected chi connectivity index (χ1v) is 40.0. The minimum atomic E-state index is 0.151. The van der Waals surface area contributed by atoms with E-state index in [1.807, 2.05) is 177 Å². The number of aromatic nitrogens is 16. The van der Waals surface area contributed by atoms with Crippen molar-refractivity contribution in [3.05, 3.63) is 336 Å². The molecule has 22 nitrogen and oxygen atoms in total. The molecule has 26 heteroatoms. The largest absolute Gasteiger partial charge is 0.489 e. The molecular weight excluding hydrogens is 1510 g/mol. The number of hydrogen-bond acceptors (Lipinski definition) is 22. The molecule has 11 aromatic carbocycles. The van der Waals surface area contributed by atoms with Crippen molar-refractivity contribution in [2.24, 2.45) is 0 Å². The Morgan fingerprint density at radius 3 is 0.737 bits per heavy atom. The lowest BCUT2D eigenvalue weighted by Gasteiger charge is -2.14. The van der Waals surface area contributed by atoms with Crippen molar-refractivity contribution in [2.45, 2.75) is 65.8 Å². The topological polar surface area (TPSA) is 230 Å². The van der Waals surface area contributed by atoms with Crippen molar-refractivity contribution in [2.75, 3.05) is 0 Å². The second-order valence-corrected chi connectivity index (χ2v) is 31.3. The first-order valence-electron chi connectivity index (χ1n) is 36.7. The maximum absolute atomic E-state index is 6.53. The zero-order valence-corrected chi connectivity index (χ0v) is 64.1. The van der Waals surface area contributed by atoms with E-state index in [0.29, 0.717) is 83.5 Å². The molecule has 0 radical (unpaired) electrons. The molecule has 0 aliphatic heterocycles. The Morgan fingerprint density at radius 2 is 0.474 bits per heavy atom. The second kappa shape index (κ2) is 32.3. The second-order valence-electron chi connectivity index (χ2n) is 27.2. The number of fused-ring (bicyclic) bond motifs is 4. The Bertz CT molecular complexity index is 5690. The van der Waals surface area contributed by atoms with E-state index in [4.69, 9.17) is 48.4 Å². The highest BCUT2D eigenvalue weighted by Crippen LogP contribution is 2.36. The van der Waals surface area contributed by atoms with E-state index in [-0.39, 0.29) is 39.6 Å². The van der Waals surface area contributed by atoms with E-state index in [1.54, 1.807) is 45.3 Å². The average Bonchev–Trinajstić information content (AvgIpc) is 1.68. The van der Waals surface area contributed by atoms with E-state index in [2.05, 4.69) is 163 Å². The molecule has 0 saturated carbocycles. The fourth-order valence-electron chi connectivity index (χ4n) is 13.0. The van der Waals surface area contributed by atoms with Gasteiger partial charge in [0.25, 0.3) is 0 Å². The fraction of sp³-hybridized carbons (Fsp3) is 0.114. The number of benzene rings is 11. The first kappa shape index (κ1) is 70.7. The molecule has 0 fully saturated rings. The summed E-state index contributed by atoms with van der Waals surface area (Å²) in [6.45, 7) is 3.05. The normalized spacial score (nSPS) is 11.5. The molecule has 0 aliphatic carbocycles. The van der Waals surface area contributed by atoms with Crippen LogP contribution in [0, 0.1) is 0 Å². The van der Waals surface area contributed by atoms with Crippen LogP contribution < -0.4 is 28.4 Å². The van der Waals surface area contributed by atoms with Crippen molar-refractivity contribution >= 4 is 86.2 Å². The predicted octanol–water partition coefficient (Wildman–Crippen LogP) is 18.8. The summed E-state index contributed by atoms with van der Waals surface area (Å²) in [6.07, 6.45) is 7.58. The number of ether oxygens (including phenoxy) is 6. The molecule has 0 bridgehead atoms. The van der Waals surface area contributed by atoms with Gasteiger partial charge in [-0.25, -0.2) is 38.7 Å². The van der Waals surface area contributed by atoms with Gasteiger partial charge in [-0.2, -0.15) is 0 Å². The molecule has 0 atom stereocenters. The summed E-state index contributed by atoms with van der Waals surface area (Å²) in [5, 5.41) is 39.7. The molecule has 19 rings (SSSR count). The molecule has 114 heavy (non-hydrogen) atoms. The van der Waals surface area contributed by atoms with Crippen LogP contribution in [0.25, 0.3) is 83.2 Å². The third kappa shape index (κ3) is 17.0. The lowest BCUT2D eigenvalue weighted by Crippen LogP contribution is -2.03. The van der Waals surface area contributed by atoms with Gasteiger partial charge in [0.2, 0.25) is 0 Å². The molecule has 0 amide bonds. The minimum Gasteiger partial charge on any atom is -0.489 e.